The van der Waals surface area contributed by atoms with E-state index in [0.29, 0.717) is 0 Å². The van der Waals surface area contributed by atoms with Gasteiger partial charge < -0.3 is 26.6 Å². The molecule has 8 nitrogen and oxygen atoms in total. The van der Waals surface area contributed by atoms with E-state index >= 15 is 0 Å². The standard InChI is InChI=1S/C12H19N3O5/c1-6(16)15-8-4-7(5-9(17)11(8)19)12(20)14-3-2-10(13)18/h4,8-9,11,17,19H,2-3,5H2,1H3,(H2,13,18)(H,14,20)(H,15,16). The van der Waals surface area contributed by atoms with Crippen LogP contribution in [-0.4, -0.2) is 52.7 Å². The van der Waals surface area contributed by atoms with Crippen LogP contribution in [0.3, 0.4) is 0 Å². The van der Waals surface area contributed by atoms with Gasteiger partial charge in [-0.1, -0.05) is 6.08 Å². The maximum absolute atomic E-state index is 11.8. The van der Waals surface area contributed by atoms with Crippen LogP contribution in [-0.2, 0) is 14.4 Å². The van der Waals surface area contributed by atoms with E-state index < -0.39 is 30.1 Å². The Bertz CT molecular complexity index is 435. The van der Waals surface area contributed by atoms with E-state index in [1.54, 1.807) is 0 Å². The second kappa shape index (κ2) is 7.01. The highest BCUT2D eigenvalue weighted by atomic mass is 16.3. The number of aliphatic hydroxyl groups is 2. The molecule has 8 heteroatoms. The summed E-state index contributed by atoms with van der Waals surface area (Å²) >= 11 is 0. The average molecular weight is 285 g/mol. The number of carbonyl (C=O) groups excluding carboxylic acids is 3. The topological polar surface area (TPSA) is 142 Å². The first-order valence-corrected chi connectivity index (χ1v) is 6.21. The van der Waals surface area contributed by atoms with Gasteiger partial charge in [0.15, 0.2) is 0 Å². The van der Waals surface area contributed by atoms with Crippen molar-refractivity contribution in [1.29, 1.82) is 0 Å². The molecule has 0 aliphatic heterocycles. The molecule has 1 aliphatic rings. The lowest BCUT2D eigenvalue weighted by Gasteiger charge is -2.30. The van der Waals surface area contributed by atoms with Crippen molar-refractivity contribution in [1.82, 2.24) is 10.6 Å². The summed E-state index contributed by atoms with van der Waals surface area (Å²) in [7, 11) is 0. The third kappa shape index (κ3) is 4.63. The summed E-state index contributed by atoms with van der Waals surface area (Å²) in [6, 6.07) is -0.826. The second-order valence-electron chi connectivity index (χ2n) is 4.65. The molecule has 3 atom stereocenters. The van der Waals surface area contributed by atoms with Crippen molar-refractivity contribution in [2.75, 3.05) is 6.54 Å². The van der Waals surface area contributed by atoms with Gasteiger partial charge in [-0.3, -0.25) is 14.4 Å². The van der Waals surface area contributed by atoms with E-state index in [-0.39, 0.29) is 30.9 Å². The Morgan fingerprint density at radius 1 is 1.40 bits per heavy atom. The largest absolute Gasteiger partial charge is 0.390 e. The highest BCUT2D eigenvalue weighted by Gasteiger charge is 2.33. The van der Waals surface area contributed by atoms with E-state index in [1.165, 1.54) is 13.0 Å². The van der Waals surface area contributed by atoms with Crippen molar-refractivity contribution < 1.29 is 24.6 Å². The third-order valence-corrected chi connectivity index (χ3v) is 2.89. The van der Waals surface area contributed by atoms with Gasteiger partial charge in [-0.25, -0.2) is 0 Å². The Kier molecular flexibility index (Phi) is 5.66. The molecule has 1 rings (SSSR count). The Morgan fingerprint density at radius 3 is 2.60 bits per heavy atom. The molecule has 112 valence electrons. The van der Waals surface area contributed by atoms with Gasteiger partial charge in [-0.15, -0.1) is 0 Å². The zero-order chi connectivity index (χ0) is 15.3. The van der Waals surface area contributed by atoms with Crippen LogP contribution in [0.2, 0.25) is 0 Å². The maximum atomic E-state index is 11.8. The van der Waals surface area contributed by atoms with Crippen molar-refractivity contribution >= 4 is 17.7 Å². The molecule has 0 saturated carbocycles. The van der Waals surface area contributed by atoms with Gasteiger partial charge in [0.05, 0.1) is 12.1 Å². The molecule has 3 unspecified atom stereocenters. The van der Waals surface area contributed by atoms with E-state index in [4.69, 9.17) is 5.73 Å². The van der Waals surface area contributed by atoms with Gasteiger partial charge in [0.25, 0.3) is 0 Å². The van der Waals surface area contributed by atoms with E-state index in [2.05, 4.69) is 10.6 Å². The monoisotopic (exact) mass is 285 g/mol. The zero-order valence-electron chi connectivity index (χ0n) is 11.1. The molecule has 0 heterocycles. The molecule has 0 bridgehead atoms. The number of nitrogens with two attached hydrogens (primary N) is 1. The minimum Gasteiger partial charge on any atom is -0.390 e. The van der Waals surface area contributed by atoms with Crippen LogP contribution in [0.25, 0.3) is 0 Å². The fourth-order valence-corrected chi connectivity index (χ4v) is 1.91. The van der Waals surface area contributed by atoms with Crippen molar-refractivity contribution in [3.05, 3.63) is 11.6 Å². The van der Waals surface area contributed by atoms with Crippen LogP contribution in [0.4, 0.5) is 0 Å². The van der Waals surface area contributed by atoms with Crippen LogP contribution in [0.15, 0.2) is 11.6 Å². The van der Waals surface area contributed by atoms with Crippen molar-refractivity contribution in [2.24, 2.45) is 5.73 Å². The quantitative estimate of drug-likeness (QED) is 0.381. The van der Waals surface area contributed by atoms with Crippen LogP contribution in [0.1, 0.15) is 19.8 Å². The molecule has 0 aromatic rings. The Hall–Kier alpha value is -1.93. The van der Waals surface area contributed by atoms with Crippen LogP contribution >= 0.6 is 0 Å². The molecule has 0 radical (unpaired) electrons. The summed E-state index contributed by atoms with van der Waals surface area (Å²) in [5.41, 5.74) is 5.19. The summed E-state index contributed by atoms with van der Waals surface area (Å²) < 4.78 is 0. The first kappa shape index (κ1) is 16.1. The molecule has 0 saturated heterocycles. The number of primary amides is 1. The zero-order valence-corrected chi connectivity index (χ0v) is 11.1. The molecule has 0 aromatic heterocycles. The Morgan fingerprint density at radius 2 is 2.05 bits per heavy atom. The molecule has 6 N–H and O–H groups in total. The average Bonchev–Trinajstić information content (AvgIpc) is 2.33. The summed E-state index contributed by atoms with van der Waals surface area (Å²) in [6.45, 7) is 1.36. The molecular weight excluding hydrogens is 266 g/mol. The minimum atomic E-state index is -1.17. The van der Waals surface area contributed by atoms with Gasteiger partial charge in [0, 0.05) is 31.9 Å². The highest BCUT2D eigenvalue weighted by Crippen LogP contribution is 2.19. The van der Waals surface area contributed by atoms with Crippen LogP contribution < -0.4 is 16.4 Å². The van der Waals surface area contributed by atoms with Gasteiger partial charge in [0.1, 0.15) is 6.10 Å². The number of nitrogens with one attached hydrogen (secondary N) is 2. The lowest BCUT2D eigenvalue weighted by Crippen LogP contribution is -2.50. The lowest BCUT2D eigenvalue weighted by molar-refractivity contribution is -0.122. The van der Waals surface area contributed by atoms with Crippen LogP contribution in [0, 0.1) is 0 Å². The van der Waals surface area contributed by atoms with Crippen molar-refractivity contribution in [2.45, 2.75) is 38.0 Å². The summed E-state index contributed by atoms with van der Waals surface area (Å²) in [4.78, 5) is 33.4. The van der Waals surface area contributed by atoms with E-state index in [0.717, 1.165) is 0 Å². The number of hydrogen-bond acceptors (Lipinski definition) is 5. The Balaban J connectivity index is 2.69. The molecule has 0 fully saturated rings. The normalized spacial score (nSPS) is 25.6. The number of aliphatic hydroxyl groups excluding tert-OH is 2. The van der Waals surface area contributed by atoms with Crippen molar-refractivity contribution in [3.8, 4) is 0 Å². The van der Waals surface area contributed by atoms with E-state index in [1.807, 2.05) is 0 Å². The van der Waals surface area contributed by atoms with Crippen molar-refractivity contribution in [3.63, 3.8) is 0 Å². The first-order valence-electron chi connectivity index (χ1n) is 6.21. The molecule has 20 heavy (non-hydrogen) atoms. The number of rotatable bonds is 5. The summed E-state index contributed by atoms with van der Waals surface area (Å²) in [6.07, 6.45) is -0.924. The first-order chi connectivity index (χ1) is 9.31. The maximum Gasteiger partial charge on any atom is 0.247 e. The Labute approximate surface area is 116 Å². The predicted octanol–water partition coefficient (Wildman–Crippen LogP) is -2.47. The number of amides is 3. The highest BCUT2D eigenvalue weighted by molar-refractivity contribution is 5.94. The number of hydrogen-bond donors (Lipinski definition) is 5. The minimum absolute atomic E-state index is 0.0132. The van der Waals surface area contributed by atoms with Gasteiger partial charge in [-0.05, 0) is 0 Å². The predicted molar refractivity (Wildman–Crippen MR) is 69.1 cm³/mol. The van der Waals surface area contributed by atoms with Gasteiger partial charge in [-0.2, -0.15) is 0 Å². The molecule has 3 amide bonds. The third-order valence-electron chi connectivity index (χ3n) is 2.89. The SMILES string of the molecule is CC(=O)NC1C=C(C(=O)NCCC(N)=O)CC(O)C1O. The summed E-state index contributed by atoms with van der Waals surface area (Å²) in [5, 5.41) is 24.4. The smallest absolute Gasteiger partial charge is 0.247 e. The molecule has 1 aliphatic carbocycles. The van der Waals surface area contributed by atoms with Crippen LogP contribution in [0.5, 0.6) is 0 Å². The van der Waals surface area contributed by atoms with E-state index in [9.17, 15) is 24.6 Å². The summed E-state index contributed by atoms with van der Waals surface area (Å²) in [5.74, 6) is -1.38. The van der Waals surface area contributed by atoms with Gasteiger partial charge in [0.2, 0.25) is 17.7 Å². The second-order valence-corrected chi connectivity index (χ2v) is 4.65. The lowest BCUT2D eigenvalue weighted by atomic mass is 9.90. The fraction of sp³-hybridized carbons (Fsp3) is 0.583. The fourth-order valence-electron chi connectivity index (χ4n) is 1.91. The molecular formula is C12H19N3O5. The number of carbonyl (C=O) groups is 3. The molecule has 0 spiro atoms. The molecule has 0 aromatic carbocycles. The van der Waals surface area contributed by atoms with Gasteiger partial charge >= 0.3 is 0 Å².